The van der Waals surface area contributed by atoms with Crippen molar-refractivity contribution in [2.75, 3.05) is 5.75 Å². The van der Waals surface area contributed by atoms with Crippen LogP contribution in [-0.4, -0.2) is 25.2 Å². The van der Waals surface area contributed by atoms with Crippen molar-refractivity contribution in [2.24, 2.45) is 0 Å². The molecule has 0 aliphatic heterocycles. The zero-order chi connectivity index (χ0) is 14.6. The van der Waals surface area contributed by atoms with Crippen LogP contribution in [0.5, 0.6) is 0 Å². The fourth-order valence-corrected chi connectivity index (χ4v) is 3.60. The number of nitrogens with zero attached hydrogens (tertiary/aromatic N) is 1. The van der Waals surface area contributed by atoms with Gasteiger partial charge in [0.1, 0.15) is 0 Å². The summed E-state index contributed by atoms with van der Waals surface area (Å²) in [6.45, 7) is 0. The Hall–Kier alpha value is -1.29. The number of carboxylic acids is 1. The molecule has 102 valence electrons. The monoisotopic (exact) mass is 321 g/mol. The number of hydrogen-bond donors (Lipinski definition) is 1. The first-order chi connectivity index (χ1) is 8.79. The number of aromatic carboxylic acids is 1. The minimum absolute atomic E-state index is 0.0935. The molecular formula is C11H9Cl2NO4S. The van der Waals surface area contributed by atoms with Crippen LogP contribution in [0, 0.1) is 11.3 Å². The standard InChI is InChI=1S/C11H9Cl2NO4S/c12-8-6-9(13)10(5-7(8)11(15)16)19(17,18)4-2-1-3-14/h5-6H,1-2,4H2,(H,15,16). The third kappa shape index (κ3) is 3.83. The van der Waals surface area contributed by atoms with E-state index in [0.29, 0.717) is 0 Å². The summed E-state index contributed by atoms with van der Waals surface area (Å²) in [5, 5.41) is 17.0. The zero-order valence-corrected chi connectivity index (χ0v) is 11.9. The van der Waals surface area contributed by atoms with Crippen LogP contribution in [0.2, 0.25) is 10.0 Å². The lowest BCUT2D eigenvalue weighted by Crippen LogP contribution is -2.09. The summed E-state index contributed by atoms with van der Waals surface area (Å²) in [4.78, 5) is 10.6. The molecule has 1 aromatic rings. The first-order valence-electron chi connectivity index (χ1n) is 5.11. The van der Waals surface area contributed by atoms with E-state index >= 15 is 0 Å². The van der Waals surface area contributed by atoms with E-state index < -0.39 is 15.8 Å². The number of halogens is 2. The van der Waals surface area contributed by atoms with Crippen molar-refractivity contribution in [3.8, 4) is 6.07 Å². The predicted molar refractivity (Wildman–Crippen MR) is 70.3 cm³/mol. The van der Waals surface area contributed by atoms with Crippen molar-refractivity contribution in [3.05, 3.63) is 27.7 Å². The Labute approximate surface area is 120 Å². The topological polar surface area (TPSA) is 95.2 Å². The molecule has 0 radical (unpaired) electrons. The molecule has 0 saturated heterocycles. The normalized spacial score (nSPS) is 11.0. The molecule has 0 heterocycles. The summed E-state index contributed by atoms with van der Waals surface area (Å²) < 4.78 is 24.0. The van der Waals surface area contributed by atoms with E-state index in [0.717, 1.165) is 12.1 Å². The molecule has 1 rings (SSSR count). The van der Waals surface area contributed by atoms with Crippen LogP contribution in [0.4, 0.5) is 0 Å². The maximum atomic E-state index is 12.0. The van der Waals surface area contributed by atoms with Crippen molar-refractivity contribution < 1.29 is 18.3 Å². The van der Waals surface area contributed by atoms with E-state index in [9.17, 15) is 13.2 Å². The van der Waals surface area contributed by atoms with Gasteiger partial charge in [0.05, 0.1) is 32.3 Å². The van der Waals surface area contributed by atoms with Crippen LogP contribution in [0.25, 0.3) is 0 Å². The van der Waals surface area contributed by atoms with Gasteiger partial charge in [0, 0.05) is 6.42 Å². The summed E-state index contributed by atoms with van der Waals surface area (Å²) in [5.74, 6) is -1.61. The highest BCUT2D eigenvalue weighted by molar-refractivity contribution is 7.91. The maximum absolute atomic E-state index is 12.0. The zero-order valence-electron chi connectivity index (χ0n) is 9.56. The van der Waals surface area contributed by atoms with Gasteiger partial charge < -0.3 is 5.11 Å². The van der Waals surface area contributed by atoms with Gasteiger partial charge >= 0.3 is 5.97 Å². The van der Waals surface area contributed by atoms with E-state index in [1.807, 2.05) is 6.07 Å². The van der Waals surface area contributed by atoms with Gasteiger partial charge in [-0.15, -0.1) is 0 Å². The second-order valence-electron chi connectivity index (χ2n) is 3.65. The van der Waals surface area contributed by atoms with Crippen molar-refractivity contribution >= 4 is 39.0 Å². The Balaban J connectivity index is 3.24. The number of carboxylic acid groups (broad SMARTS) is 1. The van der Waals surface area contributed by atoms with E-state index in [-0.39, 0.29) is 39.1 Å². The van der Waals surface area contributed by atoms with E-state index in [1.54, 1.807) is 0 Å². The van der Waals surface area contributed by atoms with E-state index in [2.05, 4.69) is 0 Å². The molecule has 1 aromatic carbocycles. The number of carbonyl (C=O) groups is 1. The lowest BCUT2D eigenvalue weighted by atomic mass is 10.2. The third-order valence-electron chi connectivity index (χ3n) is 2.29. The van der Waals surface area contributed by atoms with Crippen LogP contribution in [0.1, 0.15) is 23.2 Å². The summed E-state index contributed by atoms with van der Waals surface area (Å²) in [5.41, 5.74) is -0.329. The molecule has 1 N–H and O–H groups in total. The second-order valence-corrected chi connectivity index (χ2v) is 6.54. The van der Waals surface area contributed by atoms with E-state index in [1.165, 1.54) is 0 Å². The highest BCUT2D eigenvalue weighted by Gasteiger charge is 2.22. The molecule has 0 aliphatic rings. The minimum Gasteiger partial charge on any atom is -0.478 e. The van der Waals surface area contributed by atoms with Crippen molar-refractivity contribution in [1.29, 1.82) is 5.26 Å². The summed E-state index contributed by atoms with van der Waals surface area (Å²) in [6.07, 6.45) is 0.246. The van der Waals surface area contributed by atoms with Crippen LogP contribution < -0.4 is 0 Å². The molecule has 0 unspecified atom stereocenters. The molecule has 19 heavy (non-hydrogen) atoms. The quantitative estimate of drug-likeness (QED) is 0.841. The minimum atomic E-state index is -3.74. The molecule has 0 aromatic heterocycles. The van der Waals surface area contributed by atoms with Crippen LogP contribution in [0.15, 0.2) is 17.0 Å². The number of hydrogen-bond acceptors (Lipinski definition) is 4. The molecule has 0 aliphatic carbocycles. The van der Waals surface area contributed by atoms with Gasteiger partial charge in [0.15, 0.2) is 9.84 Å². The lowest BCUT2D eigenvalue weighted by Gasteiger charge is -2.08. The summed E-state index contributed by atoms with van der Waals surface area (Å²) in [6, 6.07) is 3.86. The molecule has 0 atom stereocenters. The average molecular weight is 322 g/mol. The maximum Gasteiger partial charge on any atom is 0.337 e. The summed E-state index contributed by atoms with van der Waals surface area (Å²) >= 11 is 11.5. The number of benzene rings is 1. The Bertz CT molecular complexity index is 649. The van der Waals surface area contributed by atoms with Gasteiger partial charge in [-0.25, -0.2) is 13.2 Å². The number of sulfone groups is 1. The van der Waals surface area contributed by atoms with Crippen molar-refractivity contribution in [1.82, 2.24) is 0 Å². The fraction of sp³-hybridized carbons (Fsp3) is 0.273. The number of unbranched alkanes of at least 4 members (excludes halogenated alkanes) is 1. The first-order valence-corrected chi connectivity index (χ1v) is 7.52. The van der Waals surface area contributed by atoms with Crippen LogP contribution in [0.3, 0.4) is 0 Å². The SMILES string of the molecule is N#CCCCS(=O)(=O)c1cc(C(=O)O)c(Cl)cc1Cl. The Morgan fingerprint density at radius 2 is 1.95 bits per heavy atom. The third-order valence-corrected chi connectivity index (χ3v) is 4.86. The molecule has 0 fully saturated rings. The molecule has 8 heteroatoms. The predicted octanol–water partition coefficient (Wildman–Crippen LogP) is 2.77. The van der Waals surface area contributed by atoms with Gasteiger partial charge in [-0.1, -0.05) is 23.2 Å². The lowest BCUT2D eigenvalue weighted by molar-refractivity contribution is 0.0697. The smallest absolute Gasteiger partial charge is 0.337 e. The fourth-order valence-electron chi connectivity index (χ4n) is 1.38. The molecule has 0 spiro atoms. The molecule has 0 saturated carbocycles. The van der Waals surface area contributed by atoms with Crippen molar-refractivity contribution in [3.63, 3.8) is 0 Å². The largest absolute Gasteiger partial charge is 0.478 e. The Morgan fingerprint density at radius 1 is 1.32 bits per heavy atom. The Kier molecular flexibility index (Phi) is 5.18. The van der Waals surface area contributed by atoms with Gasteiger partial charge in [-0.3, -0.25) is 0 Å². The van der Waals surface area contributed by atoms with E-state index in [4.69, 9.17) is 33.6 Å². The highest BCUT2D eigenvalue weighted by atomic mass is 35.5. The molecule has 0 amide bonds. The second kappa shape index (κ2) is 6.24. The van der Waals surface area contributed by atoms with Gasteiger partial charge in [0.25, 0.3) is 0 Å². The Morgan fingerprint density at radius 3 is 2.47 bits per heavy atom. The molecule has 5 nitrogen and oxygen atoms in total. The van der Waals surface area contributed by atoms with Crippen molar-refractivity contribution in [2.45, 2.75) is 17.7 Å². The summed E-state index contributed by atoms with van der Waals surface area (Å²) in [7, 11) is -3.74. The molecule has 0 bridgehead atoms. The van der Waals surface area contributed by atoms with Gasteiger partial charge in [-0.05, 0) is 18.6 Å². The number of rotatable bonds is 5. The number of nitriles is 1. The van der Waals surface area contributed by atoms with Gasteiger partial charge in [-0.2, -0.15) is 5.26 Å². The average Bonchev–Trinajstić information content (AvgIpc) is 2.28. The first kappa shape index (κ1) is 15.8. The van der Waals surface area contributed by atoms with Crippen LogP contribution >= 0.6 is 23.2 Å². The van der Waals surface area contributed by atoms with Gasteiger partial charge in [0.2, 0.25) is 0 Å². The van der Waals surface area contributed by atoms with Crippen LogP contribution in [-0.2, 0) is 9.84 Å². The molecular weight excluding hydrogens is 313 g/mol. The highest BCUT2D eigenvalue weighted by Crippen LogP contribution is 2.29.